The number of ether oxygens (including phenoxy) is 3. The largest absolute Gasteiger partial charge is 0.444 e. The number of nitrogens with zero attached hydrogens (tertiary/aromatic N) is 2. The SMILES string of the molecule is CCC(C)C(CCC(C)C(=O)C(NC(=O)C(C(C)C)N(C)C(=O)OC(C)(C)C)C(C)C)C(CC(=O)N1CCCC1C(OC)C(C)C(=O)NC(CCc1ccc(S(=O)(=O)O)cc1)Cc1ccccc1)OC. The fourth-order valence-electron chi connectivity index (χ4n) is 9.82. The average Bonchev–Trinajstić information content (AvgIpc) is 3.78. The molecule has 394 valence electrons. The van der Waals surface area contributed by atoms with Gasteiger partial charge in [-0.05, 0) is 113 Å². The second kappa shape index (κ2) is 27.4. The zero-order valence-corrected chi connectivity index (χ0v) is 45.3. The van der Waals surface area contributed by atoms with E-state index < -0.39 is 63.8 Å². The van der Waals surface area contributed by atoms with E-state index in [-0.39, 0.29) is 64.7 Å². The summed E-state index contributed by atoms with van der Waals surface area (Å²) in [4.78, 5) is 72.5. The fourth-order valence-corrected chi connectivity index (χ4v) is 10.3. The molecular formula is C54H86N4O11S. The maximum absolute atomic E-state index is 14.4. The van der Waals surface area contributed by atoms with Gasteiger partial charge in [0, 0.05) is 39.8 Å². The molecule has 0 aromatic heterocycles. The first-order chi connectivity index (χ1) is 32.7. The van der Waals surface area contributed by atoms with Gasteiger partial charge in [-0.2, -0.15) is 8.42 Å². The number of hydrogen-bond acceptors (Lipinski definition) is 10. The number of Topliss-reactive ketones (excluding diaryl/α,β-unsaturated/α-hetero) is 1. The van der Waals surface area contributed by atoms with Gasteiger partial charge < -0.3 is 29.7 Å². The smallest absolute Gasteiger partial charge is 0.410 e. The van der Waals surface area contributed by atoms with Gasteiger partial charge >= 0.3 is 6.09 Å². The highest BCUT2D eigenvalue weighted by molar-refractivity contribution is 7.85. The predicted octanol–water partition coefficient (Wildman–Crippen LogP) is 8.32. The number of aryl methyl sites for hydroxylation is 1. The monoisotopic (exact) mass is 999 g/mol. The van der Waals surface area contributed by atoms with Crippen LogP contribution >= 0.6 is 0 Å². The number of methoxy groups -OCH3 is 2. The number of nitrogens with one attached hydrogen (secondary N) is 2. The van der Waals surface area contributed by atoms with Crippen LogP contribution in [0.15, 0.2) is 59.5 Å². The molecular weight excluding hydrogens is 913 g/mol. The van der Waals surface area contributed by atoms with Crippen LogP contribution in [0.5, 0.6) is 0 Å². The van der Waals surface area contributed by atoms with Gasteiger partial charge in [-0.3, -0.25) is 28.6 Å². The van der Waals surface area contributed by atoms with Crippen molar-refractivity contribution in [3.05, 3.63) is 65.7 Å². The minimum absolute atomic E-state index is 0.0553. The predicted molar refractivity (Wildman–Crippen MR) is 273 cm³/mol. The third-order valence-corrected chi connectivity index (χ3v) is 14.9. The molecule has 1 aliphatic heterocycles. The molecule has 0 saturated carbocycles. The molecule has 3 rings (SSSR count). The van der Waals surface area contributed by atoms with Gasteiger partial charge in [-0.15, -0.1) is 0 Å². The van der Waals surface area contributed by atoms with Crippen LogP contribution in [0.3, 0.4) is 0 Å². The van der Waals surface area contributed by atoms with Crippen molar-refractivity contribution in [2.24, 2.45) is 35.5 Å². The highest BCUT2D eigenvalue weighted by atomic mass is 32.2. The van der Waals surface area contributed by atoms with Gasteiger partial charge in [-0.1, -0.05) is 104 Å². The lowest BCUT2D eigenvalue weighted by Gasteiger charge is -2.36. The Morgan fingerprint density at radius 2 is 1.46 bits per heavy atom. The third kappa shape index (κ3) is 17.7. The molecule has 15 nitrogen and oxygen atoms in total. The molecule has 70 heavy (non-hydrogen) atoms. The number of benzene rings is 2. The second-order valence-corrected chi connectivity index (χ2v) is 22.7. The van der Waals surface area contributed by atoms with E-state index in [1.54, 1.807) is 47.1 Å². The van der Waals surface area contributed by atoms with Crippen molar-refractivity contribution in [3.8, 4) is 0 Å². The molecule has 0 bridgehead atoms. The number of amides is 4. The van der Waals surface area contributed by atoms with Crippen LogP contribution in [0.1, 0.15) is 132 Å². The number of carbonyl (C=O) groups excluding carboxylic acids is 5. The molecule has 10 atom stereocenters. The van der Waals surface area contributed by atoms with E-state index in [9.17, 15) is 36.9 Å². The summed E-state index contributed by atoms with van der Waals surface area (Å²) in [5.74, 6) is -2.17. The van der Waals surface area contributed by atoms with E-state index in [4.69, 9.17) is 14.2 Å². The van der Waals surface area contributed by atoms with Crippen molar-refractivity contribution < 1.29 is 51.2 Å². The quantitative estimate of drug-likeness (QED) is 0.0728. The summed E-state index contributed by atoms with van der Waals surface area (Å²) in [5, 5.41) is 6.25. The third-order valence-electron chi connectivity index (χ3n) is 14.1. The van der Waals surface area contributed by atoms with Crippen molar-refractivity contribution in [1.29, 1.82) is 0 Å². The van der Waals surface area contributed by atoms with Gasteiger partial charge in [0.05, 0.1) is 41.5 Å². The molecule has 1 heterocycles. The maximum Gasteiger partial charge on any atom is 0.410 e. The van der Waals surface area contributed by atoms with Crippen LogP contribution in [0.25, 0.3) is 0 Å². The molecule has 1 fully saturated rings. The first kappa shape index (κ1) is 59.9. The van der Waals surface area contributed by atoms with Crippen LogP contribution in [-0.4, -0.2) is 122 Å². The van der Waals surface area contributed by atoms with Gasteiger partial charge in [0.1, 0.15) is 11.6 Å². The number of rotatable bonds is 27. The van der Waals surface area contributed by atoms with Gasteiger partial charge in [0.15, 0.2) is 5.78 Å². The summed E-state index contributed by atoms with van der Waals surface area (Å²) in [6.45, 7) is 21.3. The summed E-state index contributed by atoms with van der Waals surface area (Å²) < 4.78 is 50.3. The number of likely N-dealkylation sites (tertiary alicyclic amines) is 1. The second-order valence-electron chi connectivity index (χ2n) is 21.3. The van der Waals surface area contributed by atoms with Gasteiger partial charge in [-0.25, -0.2) is 4.79 Å². The number of likely N-dealkylation sites (N-methyl/N-ethyl adjacent to an activating group) is 1. The topological polar surface area (TPSA) is 198 Å². The van der Waals surface area contributed by atoms with Crippen molar-refractivity contribution in [2.75, 3.05) is 27.8 Å². The Kier molecular flexibility index (Phi) is 23.5. The van der Waals surface area contributed by atoms with Crippen molar-refractivity contribution in [2.45, 2.75) is 181 Å². The van der Waals surface area contributed by atoms with Crippen LogP contribution in [0.2, 0.25) is 0 Å². The lowest BCUT2D eigenvalue weighted by atomic mass is 9.79. The Bertz CT molecular complexity index is 2090. The van der Waals surface area contributed by atoms with Gasteiger partial charge in [0.25, 0.3) is 10.1 Å². The number of ketones is 1. The standard InChI is InChI=1S/C54H86N4O11S/c1-15-36(6)43(30-23-37(7)49(60)47(34(2)3)56-52(62)48(35(4)5)57(12)53(63)69-54(9,10)11)45(67-13)33-46(59)58-31-19-22-44(58)50(68-14)38(8)51(61)55-41(32-40-20-17-16-18-21-40)27-24-39-25-28-42(29-26-39)70(64,65)66/h16-18,20-21,25-26,28-29,34-38,41,43-45,47-48,50H,15,19,22-24,27,30-33H2,1-14H3,(H,55,61)(H,56,62)(H,64,65,66). The van der Waals surface area contributed by atoms with Crippen molar-refractivity contribution >= 4 is 39.7 Å². The van der Waals surface area contributed by atoms with E-state index in [0.717, 1.165) is 24.0 Å². The highest BCUT2D eigenvalue weighted by Gasteiger charge is 2.42. The first-order valence-electron chi connectivity index (χ1n) is 25.3. The molecule has 1 aliphatic rings. The molecule has 0 aliphatic carbocycles. The summed E-state index contributed by atoms with van der Waals surface area (Å²) >= 11 is 0. The molecule has 0 radical (unpaired) electrons. The summed E-state index contributed by atoms with van der Waals surface area (Å²) in [6, 6.07) is 13.7. The number of hydrogen-bond donors (Lipinski definition) is 3. The number of carbonyl (C=O) groups is 5. The molecule has 2 aromatic rings. The lowest BCUT2D eigenvalue weighted by Crippen LogP contribution is -2.56. The Morgan fingerprint density at radius 1 is 0.829 bits per heavy atom. The normalized spacial score (nSPS) is 18.2. The Labute approximate surface area is 419 Å². The molecule has 3 N–H and O–H groups in total. The van der Waals surface area contributed by atoms with E-state index >= 15 is 0 Å². The summed E-state index contributed by atoms with van der Waals surface area (Å²) in [5.41, 5.74) is 1.17. The minimum Gasteiger partial charge on any atom is -0.444 e. The van der Waals surface area contributed by atoms with E-state index in [1.807, 2.05) is 76.8 Å². The Hall–Kier alpha value is -4.38. The van der Waals surface area contributed by atoms with E-state index in [1.165, 1.54) is 24.1 Å². The zero-order chi connectivity index (χ0) is 52.7. The van der Waals surface area contributed by atoms with E-state index in [2.05, 4.69) is 24.5 Å². The molecule has 4 amide bonds. The molecule has 1 saturated heterocycles. The van der Waals surface area contributed by atoms with Crippen LogP contribution in [0, 0.1) is 35.5 Å². The zero-order valence-electron chi connectivity index (χ0n) is 44.5. The van der Waals surface area contributed by atoms with Crippen molar-refractivity contribution in [1.82, 2.24) is 20.4 Å². The Balaban J connectivity index is 1.73. The maximum atomic E-state index is 14.4. The fraction of sp³-hybridized carbons (Fsp3) is 0.685. The molecule has 0 spiro atoms. The van der Waals surface area contributed by atoms with Crippen LogP contribution in [0.4, 0.5) is 4.79 Å². The lowest BCUT2D eigenvalue weighted by molar-refractivity contribution is -0.143. The summed E-state index contributed by atoms with van der Waals surface area (Å²) in [6.07, 6.45) is 3.56. The molecule has 16 heteroatoms. The van der Waals surface area contributed by atoms with Crippen LogP contribution < -0.4 is 10.6 Å². The first-order valence-corrected chi connectivity index (χ1v) is 26.7. The van der Waals surface area contributed by atoms with Crippen molar-refractivity contribution in [3.63, 3.8) is 0 Å². The average molecular weight is 999 g/mol. The summed E-state index contributed by atoms with van der Waals surface area (Å²) in [7, 11) is 0.420. The highest BCUT2D eigenvalue weighted by Crippen LogP contribution is 2.33. The molecule has 10 unspecified atom stereocenters. The van der Waals surface area contributed by atoms with Crippen LogP contribution in [-0.2, 0) is 56.3 Å². The van der Waals surface area contributed by atoms with E-state index in [0.29, 0.717) is 45.1 Å². The Morgan fingerprint density at radius 3 is 1.99 bits per heavy atom. The van der Waals surface area contributed by atoms with Gasteiger partial charge in [0.2, 0.25) is 17.7 Å². The minimum atomic E-state index is -4.32. The molecule has 2 aromatic carbocycles.